The average molecular weight is 245 g/mol. The van der Waals surface area contributed by atoms with Crippen LogP contribution in [-0.4, -0.2) is 29.0 Å². The normalized spacial score (nSPS) is 11.5. The summed E-state index contributed by atoms with van der Waals surface area (Å²) in [6.45, 7) is 1.71. The van der Waals surface area contributed by atoms with Crippen molar-refractivity contribution < 1.29 is 9.53 Å². The van der Waals surface area contributed by atoms with Crippen molar-refractivity contribution in [2.75, 3.05) is 18.6 Å². The second-order valence-electron chi connectivity index (χ2n) is 2.60. The molecule has 0 aliphatic rings. The molecule has 0 radical (unpaired) electrons. The largest absolute Gasteiger partial charge is 0.466 e. The van der Waals surface area contributed by atoms with E-state index in [1.54, 1.807) is 13.0 Å². The molecule has 1 heterocycles. The lowest BCUT2D eigenvalue weighted by Gasteiger charge is -1.97. The predicted molar refractivity (Wildman–Crippen MR) is 60.8 cm³/mol. The highest BCUT2D eigenvalue weighted by molar-refractivity contribution is 8.01. The van der Waals surface area contributed by atoms with Crippen molar-refractivity contribution in [2.45, 2.75) is 11.3 Å². The Morgan fingerprint density at radius 1 is 1.67 bits per heavy atom. The number of nitrogen functional groups attached to an aromatic ring is 1. The highest BCUT2D eigenvalue weighted by Gasteiger charge is 2.03. The number of rotatable bonds is 4. The number of carbonyl (C=O) groups is 1. The molecular formula is C8H11N3O2S2. The first-order chi connectivity index (χ1) is 7.13. The van der Waals surface area contributed by atoms with Crippen LogP contribution in [0.5, 0.6) is 0 Å². The first-order valence-corrected chi connectivity index (χ1v) is 5.90. The van der Waals surface area contributed by atoms with Gasteiger partial charge >= 0.3 is 5.97 Å². The molecule has 0 atom stereocenters. The van der Waals surface area contributed by atoms with E-state index in [0.717, 1.165) is 4.34 Å². The van der Waals surface area contributed by atoms with E-state index in [4.69, 9.17) is 5.73 Å². The molecule has 7 heteroatoms. The molecule has 0 aromatic carbocycles. The van der Waals surface area contributed by atoms with Gasteiger partial charge in [0.05, 0.1) is 7.11 Å². The summed E-state index contributed by atoms with van der Waals surface area (Å²) in [7, 11) is 1.36. The summed E-state index contributed by atoms with van der Waals surface area (Å²) < 4.78 is 5.35. The molecule has 82 valence electrons. The summed E-state index contributed by atoms with van der Waals surface area (Å²) >= 11 is 2.80. The Balaban J connectivity index is 2.41. The van der Waals surface area contributed by atoms with Crippen LogP contribution < -0.4 is 5.73 Å². The summed E-state index contributed by atoms with van der Waals surface area (Å²) in [6.07, 6.45) is 1.79. The van der Waals surface area contributed by atoms with Crippen LogP contribution >= 0.6 is 23.1 Å². The lowest BCUT2D eigenvalue weighted by Crippen LogP contribution is -2.01. The maximum absolute atomic E-state index is 11.0. The van der Waals surface area contributed by atoms with Gasteiger partial charge in [-0.05, 0) is 6.92 Å². The molecule has 1 rings (SSSR count). The van der Waals surface area contributed by atoms with E-state index >= 15 is 0 Å². The summed E-state index contributed by atoms with van der Waals surface area (Å²) in [5.74, 6) is 0.336. The van der Waals surface area contributed by atoms with Gasteiger partial charge < -0.3 is 10.5 Å². The van der Waals surface area contributed by atoms with Crippen LogP contribution in [0.15, 0.2) is 16.0 Å². The fourth-order valence-electron chi connectivity index (χ4n) is 0.761. The molecule has 1 aromatic rings. The number of thioether (sulfide) groups is 1. The van der Waals surface area contributed by atoms with Gasteiger partial charge in [0.25, 0.3) is 0 Å². The fourth-order valence-corrected chi connectivity index (χ4v) is 2.37. The molecule has 0 amide bonds. The van der Waals surface area contributed by atoms with Crippen molar-refractivity contribution >= 4 is 34.2 Å². The molecule has 0 aliphatic heterocycles. The Morgan fingerprint density at radius 3 is 2.93 bits per heavy atom. The van der Waals surface area contributed by atoms with Crippen molar-refractivity contribution in [3.05, 3.63) is 11.6 Å². The molecule has 0 bridgehead atoms. The van der Waals surface area contributed by atoms with Gasteiger partial charge in [-0.25, -0.2) is 4.79 Å². The third kappa shape index (κ3) is 3.88. The van der Waals surface area contributed by atoms with Crippen molar-refractivity contribution in [3.8, 4) is 0 Å². The Labute approximate surface area is 95.7 Å². The first-order valence-electron chi connectivity index (χ1n) is 4.10. The van der Waals surface area contributed by atoms with Crippen molar-refractivity contribution in [1.29, 1.82) is 0 Å². The third-order valence-electron chi connectivity index (χ3n) is 1.53. The maximum atomic E-state index is 11.0. The minimum atomic E-state index is -0.313. The number of nitrogens with zero attached hydrogens (tertiary/aromatic N) is 2. The lowest BCUT2D eigenvalue weighted by atomic mass is 10.3. The third-order valence-corrected chi connectivity index (χ3v) is 3.34. The number of esters is 1. The van der Waals surface area contributed by atoms with Gasteiger partial charge in [-0.15, -0.1) is 10.2 Å². The van der Waals surface area contributed by atoms with Crippen LogP contribution in [-0.2, 0) is 9.53 Å². The molecule has 5 nitrogen and oxygen atoms in total. The Hall–Kier alpha value is -1.08. The SMILES string of the molecule is COC(=O)C(C)=CCSc1nnc(N)s1. The zero-order valence-corrected chi connectivity index (χ0v) is 10.0. The number of aromatic nitrogens is 2. The number of methoxy groups -OCH3 is 1. The molecule has 0 unspecified atom stereocenters. The zero-order valence-electron chi connectivity index (χ0n) is 8.39. The highest BCUT2D eigenvalue weighted by atomic mass is 32.2. The number of ether oxygens (including phenoxy) is 1. The van der Waals surface area contributed by atoms with Crippen LogP contribution in [0.4, 0.5) is 5.13 Å². The van der Waals surface area contributed by atoms with E-state index in [0.29, 0.717) is 16.5 Å². The summed E-state index contributed by atoms with van der Waals surface area (Å²) in [6, 6.07) is 0. The van der Waals surface area contributed by atoms with E-state index in [9.17, 15) is 4.79 Å². The molecule has 0 saturated carbocycles. The number of carbonyl (C=O) groups excluding carboxylic acids is 1. The Kier molecular flexibility index (Phi) is 4.57. The molecule has 0 fully saturated rings. The minimum absolute atomic E-state index is 0.313. The molecule has 15 heavy (non-hydrogen) atoms. The van der Waals surface area contributed by atoms with Gasteiger partial charge in [0, 0.05) is 11.3 Å². The van der Waals surface area contributed by atoms with Crippen LogP contribution in [0.1, 0.15) is 6.92 Å². The maximum Gasteiger partial charge on any atom is 0.333 e. The molecule has 0 aliphatic carbocycles. The Bertz CT molecular complexity index is 376. The molecule has 0 spiro atoms. The summed E-state index contributed by atoms with van der Waals surface area (Å²) in [5.41, 5.74) is 6.01. The monoisotopic (exact) mass is 245 g/mol. The first kappa shape index (κ1) is 12.0. The van der Waals surface area contributed by atoms with E-state index in [2.05, 4.69) is 14.9 Å². The number of hydrogen-bond acceptors (Lipinski definition) is 7. The predicted octanol–water partition coefficient (Wildman–Crippen LogP) is 1.33. The molecule has 0 saturated heterocycles. The number of anilines is 1. The highest BCUT2D eigenvalue weighted by Crippen LogP contribution is 2.23. The fraction of sp³-hybridized carbons (Fsp3) is 0.375. The topological polar surface area (TPSA) is 78.1 Å². The number of hydrogen-bond donors (Lipinski definition) is 1. The zero-order chi connectivity index (χ0) is 11.3. The van der Waals surface area contributed by atoms with Crippen molar-refractivity contribution in [1.82, 2.24) is 10.2 Å². The summed E-state index contributed by atoms with van der Waals surface area (Å²) in [5, 5.41) is 7.97. The van der Waals surface area contributed by atoms with Gasteiger partial charge in [-0.2, -0.15) is 0 Å². The van der Waals surface area contributed by atoms with Gasteiger partial charge in [0.15, 0.2) is 4.34 Å². The Morgan fingerprint density at radius 2 is 2.40 bits per heavy atom. The van der Waals surface area contributed by atoms with Crippen LogP contribution in [0.3, 0.4) is 0 Å². The van der Waals surface area contributed by atoms with E-state index in [-0.39, 0.29) is 5.97 Å². The molecule has 1 aromatic heterocycles. The standard InChI is InChI=1S/C8H11N3O2S2/c1-5(6(12)13-2)3-4-14-8-11-10-7(9)15-8/h3H,4H2,1-2H3,(H2,9,10). The second kappa shape index (κ2) is 5.72. The van der Waals surface area contributed by atoms with Crippen molar-refractivity contribution in [3.63, 3.8) is 0 Å². The lowest BCUT2D eigenvalue weighted by molar-refractivity contribution is -0.136. The van der Waals surface area contributed by atoms with Crippen LogP contribution in [0.25, 0.3) is 0 Å². The van der Waals surface area contributed by atoms with Gasteiger partial charge in [0.1, 0.15) is 0 Å². The van der Waals surface area contributed by atoms with E-state index in [1.807, 2.05) is 0 Å². The number of nitrogens with two attached hydrogens (primary N) is 1. The van der Waals surface area contributed by atoms with Gasteiger partial charge in [-0.1, -0.05) is 29.2 Å². The van der Waals surface area contributed by atoms with Crippen LogP contribution in [0, 0.1) is 0 Å². The van der Waals surface area contributed by atoms with E-state index in [1.165, 1.54) is 30.2 Å². The second-order valence-corrected chi connectivity index (χ2v) is 4.87. The van der Waals surface area contributed by atoms with Gasteiger partial charge in [0.2, 0.25) is 5.13 Å². The van der Waals surface area contributed by atoms with E-state index < -0.39 is 0 Å². The summed E-state index contributed by atoms with van der Waals surface area (Å²) in [4.78, 5) is 11.0. The van der Waals surface area contributed by atoms with Crippen molar-refractivity contribution in [2.24, 2.45) is 0 Å². The van der Waals surface area contributed by atoms with Crippen LogP contribution in [0.2, 0.25) is 0 Å². The van der Waals surface area contributed by atoms with Gasteiger partial charge in [-0.3, -0.25) is 0 Å². The molecule has 2 N–H and O–H groups in total. The average Bonchev–Trinajstić information content (AvgIpc) is 2.63. The smallest absolute Gasteiger partial charge is 0.333 e. The minimum Gasteiger partial charge on any atom is -0.466 e. The quantitative estimate of drug-likeness (QED) is 0.490. The molecular weight excluding hydrogens is 234 g/mol.